The average Bonchev–Trinajstić information content (AvgIpc) is 3.12. The topological polar surface area (TPSA) is 76.2 Å². The van der Waals surface area contributed by atoms with E-state index in [0.29, 0.717) is 11.6 Å². The lowest BCUT2D eigenvalue weighted by molar-refractivity contribution is 0.203. The maximum atomic E-state index is 5.37. The maximum absolute atomic E-state index is 5.37. The zero-order valence-electron chi connectivity index (χ0n) is 15.1. The smallest absolute Gasteiger partial charge is 0.199 e. The molecule has 3 aromatic rings. The number of hydrogen-bond donors (Lipinski definition) is 1. The number of piperidine rings is 1. The SMILES string of the molecule is COc1cc(CN2CCC(c3[nH]nc4nccnc34)CC2)cc(OC)c1. The molecular weight excluding hydrogens is 330 g/mol. The number of ether oxygens (including phenoxy) is 2. The van der Waals surface area contributed by atoms with Crippen molar-refractivity contribution in [1.82, 2.24) is 25.1 Å². The van der Waals surface area contributed by atoms with E-state index in [1.165, 1.54) is 5.56 Å². The molecule has 26 heavy (non-hydrogen) atoms. The normalized spacial score (nSPS) is 16.1. The van der Waals surface area contributed by atoms with Crippen molar-refractivity contribution in [2.75, 3.05) is 27.3 Å². The van der Waals surface area contributed by atoms with Gasteiger partial charge < -0.3 is 9.47 Å². The Labute approximate surface area is 152 Å². The van der Waals surface area contributed by atoms with E-state index in [2.05, 4.69) is 37.2 Å². The van der Waals surface area contributed by atoms with Crippen LogP contribution in [-0.4, -0.2) is 52.4 Å². The van der Waals surface area contributed by atoms with Crippen LogP contribution in [0.15, 0.2) is 30.6 Å². The number of fused-ring (bicyclic) bond motifs is 1. The van der Waals surface area contributed by atoms with Crippen LogP contribution in [0.3, 0.4) is 0 Å². The van der Waals surface area contributed by atoms with Crippen molar-refractivity contribution < 1.29 is 9.47 Å². The molecule has 1 aromatic carbocycles. The molecule has 0 radical (unpaired) electrons. The van der Waals surface area contributed by atoms with Gasteiger partial charge in [0.2, 0.25) is 0 Å². The third kappa shape index (κ3) is 3.35. The molecule has 1 saturated heterocycles. The van der Waals surface area contributed by atoms with Crippen LogP contribution < -0.4 is 9.47 Å². The number of rotatable bonds is 5. The van der Waals surface area contributed by atoms with Crippen LogP contribution in [0.1, 0.15) is 30.0 Å². The summed E-state index contributed by atoms with van der Waals surface area (Å²) in [6.45, 7) is 2.96. The molecule has 0 spiro atoms. The van der Waals surface area contributed by atoms with Gasteiger partial charge in [-0.3, -0.25) is 10.00 Å². The molecule has 1 N–H and O–H groups in total. The Kier molecular flexibility index (Phi) is 4.71. The maximum Gasteiger partial charge on any atom is 0.199 e. The van der Waals surface area contributed by atoms with Crippen LogP contribution in [0.25, 0.3) is 11.2 Å². The highest BCUT2D eigenvalue weighted by atomic mass is 16.5. The summed E-state index contributed by atoms with van der Waals surface area (Å²) < 4.78 is 10.7. The Morgan fingerprint density at radius 1 is 1.04 bits per heavy atom. The van der Waals surface area contributed by atoms with E-state index in [-0.39, 0.29) is 0 Å². The Morgan fingerprint density at radius 2 is 1.73 bits per heavy atom. The Balaban J connectivity index is 1.42. The van der Waals surface area contributed by atoms with Gasteiger partial charge in [0, 0.05) is 30.9 Å². The summed E-state index contributed by atoms with van der Waals surface area (Å²) in [5.41, 5.74) is 3.94. The minimum absolute atomic E-state index is 0.452. The summed E-state index contributed by atoms with van der Waals surface area (Å²) in [7, 11) is 3.36. The third-order valence-electron chi connectivity index (χ3n) is 5.03. The minimum Gasteiger partial charge on any atom is -0.497 e. The fourth-order valence-electron chi connectivity index (χ4n) is 3.65. The molecule has 0 saturated carbocycles. The van der Waals surface area contributed by atoms with Crippen LogP contribution in [0.4, 0.5) is 0 Å². The van der Waals surface area contributed by atoms with E-state index in [1.807, 2.05) is 6.07 Å². The van der Waals surface area contributed by atoms with Gasteiger partial charge in [-0.2, -0.15) is 5.10 Å². The first-order chi connectivity index (χ1) is 12.8. The van der Waals surface area contributed by atoms with Gasteiger partial charge in [-0.15, -0.1) is 0 Å². The fourth-order valence-corrected chi connectivity index (χ4v) is 3.65. The van der Waals surface area contributed by atoms with Gasteiger partial charge in [0.25, 0.3) is 0 Å². The van der Waals surface area contributed by atoms with Crippen molar-refractivity contribution in [2.24, 2.45) is 0 Å². The molecule has 0 bridgehead atoms. The van der Waals surface area contributed by atoms with Crippen molar-refractivity contribution in [3.05, 3.63) is 41.9 Å². The van der Waals surface area contributed by atoms with Gasteiger partial charge >= 0.3 is 0 Å². The Bertz CT molecular complexity index is 864. The van der Waals surface area contributed by atoms with E-state index >= 15 is 0 Å². The largest absolute Gasteiger partial charge is 0.497 e. The molecule has 4 rings (SSSR count). The lowest BCUT2D eigenvalue weighted by atomic mass is 9.93. The van der Waals surface area contributed by atoms with Gasteiger partial charge in [-0.25, -0.2) is 9.97 Å². The number of hydrogen-bond acceptors (Lipinski definition) is 6. The van der Waals surface area contributed by atoms with Gasteiger partial charge in [-0.1, -0.05) is 0 Å². The van der Waals surface area contributed by atoms with E-state index in [1.54, 1.807) is 26.6 Å². The second-order valence-corrected chi connectivity index (χ2v) is 6.64. The van der Waals surface area contributed by atoms with Crippen LogP contribution >= 0.6 is 0 Å². The van der Waals surface area contributed by atoms with E-state index < -0.39 is 0 Å². The molecule has 136 valence electrons. The average molecular weight is 353 g/mol. The van der Waals surface area contributed by atoms with E-state index in [0.717, 1.165) is 55.2 Å². The highest BCUT2D eigenvalue weighted by molar-refractivity contribution is 5.72. The number of methoxy groups -OCH3 is 2. The van der Waals surface area contributed by atoms with Crippen molar-refractivity contribution in [3.63, 3.8) is 0 Å². The van der Waals surface area contributed by atoms with Crippen LogP contribution in [0.2, 0.25) is 0 Å². The first-order valence-electron chi connectivity index (χ1n) is 8.86. The summed E-state index contributed by atoms with van der Waals surface area (Å²) in [4.78, 5) is 11.2. The fraction of sp³-hybridized carbons (Fsp3) is 0.421. The quantitative estimate of drug-likeness (QED) is 0.760. The predicted octanol–water partition coefficient (Wildman–Crippen LogP) is 2.75. The highest BCUT2D eigenvalue weighted by Gasteiger charge is 2.24. The lowest BCUT2D eigenvalue weighted by Crippen LogP contribution is -2.32. The monoisotopic (exact) mass is 353 g/mol. The zero-order chi connectivity index (χ0) is 17.9. The molecule has 1 aliphatic heterocycles. The summed E-state index contributed by atoms with van der Waals surface area (Å²) in [5, 5.41) is 7.43. The molecule has 0 amide bonds. The summed E-state index contributed by atoms with van der Waals surface area (Å²) in [6.07, 6.45) is 5.56. The van der Waals surface area contributed by atoms with Crippen molar-refractivity contribution in [1.29, 1.82) is 0 Å². The molecule has 3 heterocycles. The van der Waals surface area contributed by atoms with Crippen LogP contribution in [-0.2, 0) is 6.54 Å². The third-order valence-corrected chi connectivity index (χ3v) is 5.03. The number of benzene rings is 1. The van der Waals surface area contributed by atoms with Crippen LogP contribution in [0, 0.1) is 0 Å². The molecule has 0 aliphatic carbocycles. The van der Waals surface area contributed by atoms with Gasteiger partial charge in [-0.05, 0) is 43.6 Å². The lowest BCUT2D eigenvalue weighted by Gasteiger charge is -2.31. The summed E-state index contributed by atoms with van der Waals surface area (Å²) in [6, 6.07) is 6.05. The minimum atomic E-state index is 0.452. The summed E-state index contributed by atoms with van der Waals surface area (Å²) in [5.74, 6) is 2.11. The molecule has 0 unspecified atom stereocenters. The summed E-state index contributed by atoms with van der Waals surface area (Å²) >= 11 is 0. The molecule has 1 fully saturated rings. The molecule has 0 atom stereocenters. The number of aromatic amines is 1. The van der Waals surface area contributed by atoms with Gasteiger partial charge in [0.15, 0.2) is 5.65 Å². The number of aromatic nitrogens is 4. The standard InChI is InChI=1S/C19H23N5O2/c1-25-15-9-13(10-16(11-15)26-2)12-24-7-3-14(4-8-24)17-18-19(23-22-17)21-6-5-20-18/h5-6,9-11,14H,3-4,7-8,12H2,1-2H3,(H,21,22,23). The molecular formula is C19H23N5O2. The molecule has 7 nitrogen and oxygen atoms in total. The van der Waals surface area contributed by atoms with Crippen molar-refractivity contribution >= 4 is 11.2 Å². The highest BCUT2D eigenvalue weighted by Crippen LogP contribution is 2.31. The van der Waals surface area contributed by atoms with Crippen LogP contribution in [0.5, 0.6) is 11.5 Å². The zero-order valence-corrected chi connectivity index (χ0v) is 15.1. The Hall–Kier alpha value is -2.67. The van der Waals surface area contributed by atoms with Gasteiger partial charge in [0.1, 0.15) is 17.0 Å². The number of likely N-dealkylation sites (tertiary alicyclic amines) is 1. The second-order valence-electron chi connectivity index (χ2n) is 6.64. The number of nitrogens with one attached hydrogen (secondary N) is 1. The van der Waals surface area contributed by atoms with Crippen molar-refractivity contribution in [2.45, 2.75) is 25.3 Å². The van der Waals surface area contributed by atoms with E-state index in [4.69, 9.17) is 9.47 Å². The number of nitrogens with zero attached hydrogens (tertiary/aromatic N) is 4. The van der Waals surface area contributed by atoms with Gasteiger partial charge in [0.05, 0.1) is 19.9 Å². The van der Waals surface area contributed by atoms with Crippen molar-refractivity contribution in [3.8, 4) is 11.5 Å². The molecule has 2 aromatic heterocycles. The first kappa shape index (κ1) is 16.8. The predicted molar refractivity (Wildman–Crippen MR) is 98.5 cm³/mol. The van der Waals surface area contributed by atoms with E-state index in [9.17, 15) is 0 Å². The first-order valence-corrected chi connectivity index (χ1v) is 8.86. The number of H-pyrrole nitrogens is 1. The second kappa shape index (κ2) is 7.29. The molecule has 1 aliphatic rings. The molecule has 7 heteroatoms. The Morgan fingerprint density at radius 3 is 2.42 bits per heavy atom.